The molecule has 3 rings (SSSR count). The Bertz CT molecular complexity index is 728. The number of hydrogen-bond donors (Lipinski definition) is 0. The van der Waals surface area contributed by atoms with Crippen LogP contribution in [-0.2, 0) is 0 Å². The predicted molar refractivity (Wildman–Crippen MR) is 71.9 cm³/mol. The molecule has 0 unspecified atom stereocenters. The number of aromatic nitrogens is 3. The van der Waals surface area contributed by atoms with Crippen LogP contribution in [0, 0.1) is 12.3 Å². The molecule has 3 aromatic rings. The highest BCUT2D eigenvalue weighted by Gasteiger charge is 2.10. The lowest BCUT2D eigenvalue weighted by molar-refractivity contribution is 0.298. The summed E-state index contributed by atoms with van der Waals surface area (Å²) in [6.07, 6.45) is 7.30. The van der Waals surface area contributed by atoms with Gasteiger partial charge in [-0.05, 0) is 18.2 Å². The van der Waals surface area contributed by atoms with Crippen LogP contribution in [0.25, 0.3) is 21.0 Å². The second-order valence-corrected chi connectivity index (χ2v) is 4.71. The van der Waals surface area contributed by atoms with Crippen molar-refractivity contribution < 1.29 is 9.15 Å². The van der Waals surface area contributed by atoms with Crippen LogP contribution in [-0.4, -0.2) is 21.8 Å². The molecule has 0 saturated heterocycles. The van der Waals surface area contributed by atoms with Crippen molar-refractivity contribution >= 4 is 21.7 Å². The van der Waals surface area contributed by atoms with Gasteiger partial charge in [0, 0.05) is 6.42 Å². The summed E-state index contributed by atoms with van der Waals surface area (Å²) in [4.78, 5) is 6.01. The topological polar surface area (TPSA) is 61.0 Å². The largest absolute Gasteiger partial charge is 0.464 e. The molecule has 0 radical (unpaired) electrons. The van der Waals surface area contributed by atoms with E-state index >= 15 is 0 Å². The van der Waals surface area contributed by atoms with Gasteiger partial charge in [0.15, 0.2) is 0 Å². The maximum Gasteiger partial charge on any atom is 0.337 e. The van der Waals surface area contributed by atoms with Gasteiger partial charge < -0.3 is 9.15 Å². The van der Waals surface area contributed by atoms with Crippen molar-refractivity contribution in [1.29, 1.82) is 0 Å². The van der Waals surface area contributed by atoms with E-state index in [4.69, 9.17) is 15.6 Å². The fourth-order valence-corrected chi connectivity index (χ4v) is 2.46. The van der Waals surface area contributed by atoms with Gasteiger partial charge in [0.05, 0.1) is 11.1 Å². The molecule has 94 valence electrons. The van der Waals surface area contributed by atoms with E-state index < -0.39 is 0 Å². The number of hydrogen-bond acceptors (Lipinski definition) is 6. The Morgan fingerprint density at radius 2 is 2.37 bits per heavy atom. The number of fused-ring (bicyclic) bond motifs is 1. The average molecular weight is 271 g/mol. The fourth-order valence-electron chi connectivity index (χ4n) is 1.53. The monoisotopic (exact) mass is 271 g/mol. The molecule has 19 heavy (non-hydrogen) atoms. The molecule has 0 aliphatic heterocycles. The molecule has 5 nitrogen and oxygen atoms in total. The Hall–Kier alpha value is -2.39. The maximum atomic E-state index is 5.34. The number of ether oxygens (including phenoxy) is 1. The first-order chi connectivity index (χ1) is 9.36. The number of rotatable bonds is 4. The van der Waals surface area contributed by atoms with Gasteiger partial charge in [-0.3, -0.25) is 0 Å². The summed E-state index contributed by atoms with van der Waals surface area (Å²) in [5, 5.41) is 7.97. The van der Waals surface area contributed by atoms with E-state index in [9.17, 15) is 0 Å². The van der Waals surface area contributed by atoms with Gasteiger partial charge in [-0.15, -0.1) is 28.8 Å². The van der Waals surface area contributed by atoms with Crippen LogP contribution in [0.15, 0.2) is 28.9 Å². The Kier molecular flexibility index (Phi) is 3.12. The molecule has 0 aliphatic rings. The fraction of sp³-hybridized carbons (Fsp3) is 0.154. The molecule has 0 amide bonds. The molecule has 0 atom stereocenters. The number of terminal acetylenes is 1. The zero-order valence-electron chi connectivity index (χ0n) is 9.87. The van der Waals surface area contributed by atoms with Gasteiger partial charge in [0.2, 0.25) is 0 Å². The zero-order chi connectivity index (χ0) is 13.1. The van der Waals surface area contributed by atoms with Crippen LogP contribution in [0.1, 0.15) is 6.42 Å². The predicted octanol–water partition coefficient (Wildman–Crippen LogP) is 2.75. The molecule has 0 N–H and O–H groups in total. The van der Waals surface area contributed by atoms with Crippen molar-refractivity contribution in [2.75, 3.05) is 6.61 Å². The highest BCUT2D eigenvalue weighted by molar-refractivity contribution is 7.21. The minimum atomic E-state index is 0.246. The second kappa shape index (κ2) is 5.08. The standard InChI is InChI=1S/C13H9N3O2S/c1-2-3-6-18-13-14-12-9(15-16-13)8-11(19-12)10-5-4-7-17-10/h1,4-5,7-8H,3,6H2. The molecule has 0 saturated carbocycles. The van der Waals surface area contributed by atoms with Gasteiger partial charge >= 0.3 is 6.01 Å². The number of thiophene rings is 1. The summed E-state index contributed by atoms with van der Waals surface area (Å²) in [7, 11) is 0. The summed E-state index contributed by atoms with van der Waals surface area (Å²) < 4.78 is 10.7. The average Bonchev–Trinajstić information content (AvgIpc) is 3.07. The molecule has 0 aromatic carbocycles. The summed E-state index contributed by atoms with van der Waals surface area (Å²) in [6, 6.07) is 5.87. The molecular weight excluding hydrogens is 262 g/mol. The molecule has 0 bridgehead atoms. The Balaban J connectivity index is 1.89. The van der Waals surface area contributed by atoms with E-state index in [0.29, 0.717) is 13.0 Å². The Labute approximate surface area is 113 Å². The van der Waals surface area contributed by atoms with Gasteiger partial charge in [0.25, 0.3) is 0 Å². The van der Waals surface area contributed by atoms with Crippen LogP contribution in [0.4, 0.5) is 0 Å². The van der Waals surface area contributed by atoms with E-state index in [1.165, 1.54) is 11.3 Å². The molecular formula is C13H9N3O2S. The maximum absolute atomic E-state index is 5.34. The minimum absolute atomic E-state index is 0.246. The quantitative estimate of drug-likeness (QED) is 0.539. The van der Waals surface area contributed by atoms with E-state index in [0.717, 1.165) is 21.0 Å². The summed E-state index contributed by atoms with van der Waals surface area (Å²) in [5.41, 5.74) is 0.723. The van der Waals surface area contributed by atoms with E-state index in [1.807, 2.05) is 18.2 Å². The summed E-state index contributed by atoms with van der Waals surface area (Å²) in [6.45, 7) is 0.389. The third-order valence-electron chi connectivity index (χ3n) is 2.38. The van der Waals surface area contributed by atoms with Crippen LogP contribution in [0.2, 0.25) is 0 Å². The first-order valence-electron chi connectivity index (χ1n) is 5.61. The molecule has 3 aromatic heterocycles. The molecule has 0 spiro atoms. The van der Waals surface area contributed by atoms with E-state index in [2.05, 4.69) is 21.1 Å². The highest BCUT2D eigenvalue weighted by Crippen LogP contribution is 2.31. The van der Waals surface area contributed by atoms with Crippen LogP contribution in [0.5, 0.6) is 6.01 Å². The molecule has 3 heterocycles. The van der Waals surface area contributed by atoms with Crippen molar-refractivity contribution in [2.45, 2.75) is 6.42 Å². The smallest absolute Gasteiger partial charge is 0.337 e. The Morgan fingerprint density at radius 3 is 3.16 bits per heavy atom. The first kappa shape index (κ1) is 11.7. The lowest BCUT2D eigenvalue weighted by Crippen LogP contribution is -2.00. The SMILES string of the molecule is C#CCCOc1nnc2cc(-c3ccco3)sc2n1. The normalized spacial score (nSPS) is 10.5. The highest BCUT2D eigenvalue weighted by atomic mass is 32.1. The van der Waals surface area contributed by atoms with Crippen molar-refractivity contribution in [3.05, 3.63) is 24.5 Å². The number of furan rings is 1. The summed E-state index contributed by atoms with van der Waals surface area (Å²) >= 11 is 1.48. The first-order valence-corrected chi connectivity index (χ1v) is 6.43. The third-order valence-corrected chi connectivity index (χ3v) is 3.41. The molecule has 0 aliphatic carbocycles. The van der Waals surface area contributed by atoms with Gasteiger partial charge in [-0.2, -0.15) is 4.98 Å². The lowest BCUT2D eigenvalue weighted by Gasteiger charge is -1.99. The zero-order valence-corrected chi connectivity index (χ0v) is 10.7. The Morgan fingerprint density at radius 1 is 1.42 bits per heavy atom. The van der Waals surface area contributed by atoms with Crippen LogP contribution < -0.4 is 4.74 Å². The van der Waals surface area contributed by atoms with Crippen molar-refractivity contribution in [3.8, 4) is 29.0 Å². The van der Waals surface area contributed by atoms with E-state index in [1.54, 1.807) is 6.26 Å². The number of nitrogens with zero attached hydrogens (tertiary/aromatic N) is 3. The lowest BCUT2D eigenvalue weighted by atomic mass is 10.3. The van der Waals surface area contributed by atoms with Crippen molar-refractivity contribution in [2.24, 2.45) is 0 Å². The second-order valence-electron chi connectivity index (χ2n) is 3.68. The van der Waals surface area contributed by atoms with Crippen LogP contribution >= 0.6 is 11.3 Å². The minimum Gasteiger partial charge on any atom is -0.464 e. The molecule has 6 heteroatoms. The summed E-state index contributed by atoms with van der Waals surface area (Å²) in [5.74, 6) is 3.28. The van der Waals surface area contributed by atoms with E-state index in [-0.39, 0.29) is 6.01 Å². The van der Waals surface area contributed by atoms with Gasteiger partial charge in [-0.25, -0.2) is 0 Å². The van der Waals surface area contributed by atoms with Crippen LogP contribution in [0.3, 0.4) is 0 Å². The van der Waals surface area contributed by atoms with Crippen molar-refractivity contribution in [1.82, 2.24) is 15.2 Å². The van der Waals surface area contributed by atoms with Crippen molar-refractivity contribution in [3.63, 3.8) is 0 Å². The van der Waals surface area contributed by atoms with Gasteiger partial charge in [0.1, 0.15) is 22.7 Å². The van der Waals surface area contributed by atoms with Gasteiger partial charge in [-0.1, -0.05) is 5.10 Å². The third kappa shape index (κ3) is 2.41. The molecule has 0 fully saturated rings.